The fraction of sp³-hybridized carbons (Fsp3) is 0.167. The third kappa shape index (κ3) is 5.67. The summed E-state index contributed by atoms with van der Waals surface area (Å²) in [7, 11) is 0. The number of rotatable bonds is 8. The maximum Gasteiger partial charge on any atom is 0.255 e. The van der Waals surface area contributed by atoms with E-state index >= 15 is 0 Å². The molecule has 186 valence electrons. The minimum absolute atomic E-state index is 0.126. The molecule has 7 heteroatoms. The number of nitrogens with zero attached hydrogens (tertiary/aromatic N) is 3. The van der Waals surface area contributed by atoms with E-state index in [0.717, 1.165) is 22.1 Å². The number of amides is 1. The van der Waals surface area contributed by atoms with Gasteiger partial charge in [0.2, 0.25) is 5.82 Å². The number of aromatic nitrogens is 3. The maximum absolute atomic E-state index is 12.7. The van der Waals surface area contributed by atoms with Crippen molar-refractivity contribution in [3.63, 3.8) is 0 Å². The summed E-state index contributed by atoms with van der Waals surface area (Å²) in [4.78, 5) is 12.7. The first kappa shape index (κ1) is 24.6. The van der Waals surface area contributed by atoms with Gasteiger partial charge in [-0.05, 0) is 72.5 Å². The summed E-state index contributed by atoms with van der Waals surface area (Å²) in [6.45, 7) is 6.36. The minimum atomic E-state index is -0.126. The van der Waals surface area contributed by atoms with Crippen LogP contribution in [-0.2, 0) is 5.75 Å². The van der Waals surface area contributed by atoms with E-state index in [0.29, 0.717) is 28.8 Å². The number of aryl methyl sites for hydroxylation is 1. The molecule has 0 saturated carbocycles. The number of carbonyl (C=O) groups excluding carboxylic acids is 1. The van der Waals surface area contributed by atoms with Gasteiger partial charge in [0.25, 0.3) is 5.91 Å². The number of hydrogen-bond acceptors (Lipinski definition) is 5. The van der Waals surface area contributed by atoms with E-state index in [4.69, 9.17) is 4.42 Å². The predicted octanol–water partition coefficient (Wildman–Crippen LogP) is 7.50. The van der Waals surface area contributed by atoms with Crippen molar-refractivity contribution in [3.8, 4) is 17.3 Å². The number of carbonyl (C=O) groups is 1. The molecule has 0 aliphatic carbocycles. The highest BCUT2D eigenvalue weighted by molar-refractivity contribution is 7.98. The van der Waals surface area contributed by atoms with Crippen LogP contribution in [0.4, 0.5) is 5.69 Å². The Morgan fingerprint density at radius 1 is 0.946 bits per heavy atom. The number of thioether (sulfide) groups is 1. The standard InChI is InChI=1S/C30H28N4O2S/c1-20(2)23-12-14-25(15-13-23)31-29(35)24-10-8-22(9-11-24)19-37-30-33-32-28(27-5-4-18-36-27)34(30)26-16-6-21(3)7-17-26/h4-18,20H,19H2,1-3H3,(H,31,35). The van der Waals surface area contributed by atoms with Gasteiger partial charge >= 0.3 is 0 Å². The predicted molar refractivity (Wildman–Crippen MR) is 148 cm³/mol. The monoisotopic (exact) mass is 508 g/mol. The summed E-state index contributed by atoms with van der Waals surface area (Å²) < 4.78 is 7.61. The first-order valence-corrected chi connectivity index (χ1v) is 13.2. The van der Waals surface area contributed by atoms with Crippen molar-refractivity contribution in [2.24, 2.45) is 0 Å². The largest absolute Gasteiger partial charge is 0.461 e. The van der Waals surface area contributed by atoms with E-state index in [2.05, 4.69) is 60.6 Å². The van der Waals surface area contributed by atoms with Crippen molar-refractivity contribution in [1.82, 2.24) is 14.8 Å². The molecule has 0 bridgehead atoms. The summed E-state index contributed by atoms with van der Waals surface area (Å²) >= 11 is 1.58. The smallest absolute Gasteiger partial charge is 0.255 e. The summed E-state index contributed by atoms with van der Waals surface area (Å²) in [5, 5.41) is 12.6. The lowest BCUT2D eigenvalue weighted by Gasteiger charge is -2.10. The van der Waals surface area contributed by atoms with E-state index in [1.54, 1.807) is 18.0 Å². The van der Waals surface area contributed by atoms with Gasteiger partial charge in [0.05, 0.1) is 6.26 Å². The van der Waals surface area contributed by atoms with Gasteiger partial charge in [0.1, 0.15) is 0 Å². The van der Waals surface area contributed by atoms with Crippen molar-refractivity contribution in [1.29, 1.82) is 0 Å². The van der Waals surface area contributed by atoms with Gasteiger partial charge in [0.15, 0.2) is 10.9 Å². The van der Waals surface area contributed by atoms with Crippen LogP contribution in [0.15, 0.2) is 101 Å². The molecule has 0 aliphatic heterocycles. The van der Waals surface area contributed by atoms with E-state index < -0.39 is 0 Å². The average molecular weight is 509 g/mol. The van der Waals surface area contributed by atoms with Gasteiger partial charge in [-0.15, -0.1) is 10.2 Å². The fourth-order valence-electron chi connectivity index (χ4n) is 3.91. The molecule has 2 aromatic heterocycles. The zero-order valence-electron chi connectivity index (χ0n) is 21.0. The van der Waals surface area contributed by atoms with Crippen LogP contribution in [0.2, 0.25) is 0 Å². The second kappa shape index (κ2) is 10.9. The minimum Gasteiger partial charge on any atom is -0.461 e. The van der Waals surface area contributed by atoms with Crippen molar-refractivity contribution in [2.45, 2.75) is 37.6 Å². The Balaban J connectivity index is 1.29. The molecule has 0 unspecified atom stereocenters. The molecule has 1 N–H and O–H groups in total. The second-order valence-corrected chi connectivity index (χ2v) is 10.1. The van der Waals surface area contributed by atoms with Crippen molar-refractivity contribution in [2.75, 3.05) is 5.32 Å². The summed E-state index contributed by atoms with van der Waals surface area (Å²) in [6.07, 6.45) is 1.63. The highest BCUT2D eigenvalue weighted by Crippen LogP contribution is 2.30. The topological polar surface area (TPSA) is 73.0 Å². The SMILES string of the molecule is Cc1ccc(-n2c(SCc3ccc(C(=O)Nc4ccc(C(C)C)cc4)cc3)nnc2-c2ccco2)cc1. The molecule has 0 aliphatic rings. The molecule has 1 amide bonds. The van der Waals surface area contributed by atoms with Crippen LogP contribution in [0.5, 0.6) is 0 Å². The van der Waals surface area contributed by atoms with E-state index in [1.807, 2.05) is 65.2 Å². The van der Waals surface area contributed by atoms with E-state index in [9.17, 15) is 4.79 Å². The number of furan rings is 1. The normalized spacial score (nSPS) is 11.1. The highest BCUT2D eigenvalue weighted by atomic mass is 32.2. The Morgan fingerprint density at radius 3 is 2.32 bits per heavy atom. The summed E-state index contributed by atoms with van der Waals surface area (Å²) in [6, 6.07) is 27.6. The lowest BCUT2D eigenvalue weighted by atomic mass is 10.0. The van der Waals surface area contributed by atoms with Crippen LogP contribution < -0.4 is 5.32 Å². The highest BCUT2D eigenvalue weighted by Gasteiger charge is 2.18. The number of benzene rings is 3. The number of hydrogen-bond donors (Lipinski definition) is 1. The Kier molecular flexibility index (Phi) is 7.23. The van der Waals surface area contributed by atoms with Gasteiger partial charge in [-0.3, -0.25) is 9.36 Å². The molecule has 0 fully saturated rings. The van der Waals surface area contributed by atoms with Crippen molar-refractivity contribution >= 4 is 23.4 Å². The van der Waals surface area contributed by atoms with Gasteiger partial charge in [0, 0.05) is 22.7 Å². The lowest BCUT2D eigenvalue weighted by molar-refractivity contribution is 0.102. The molecule has 0 atom stereocenters. The van der Waals surface area contributed by atoms with Crippen LogP contribution in [0, 0.1) is 6.92 Å². The zero-order chi connectivity index (χ0) is 25.8. The van der Waals surface area contributed by atoms with Crippen LogP contribution in [-0.4, -0.2) is 20.7 Å². The van der Waals surface area contributed by atoms with Crippen LogP contribution in [0.25, 0.3) is 17.3 Å². The Labute approximate surface area is 220 Å². The maximum atomic E-state index is 12.7. The third-order valence-electron chi connectivity index (χ3n) is 6.09. The summed E-state index contributed by atoms with van der Waals surface area (Å²) in [5.41, 5.74) is 5.89. The first-order valence-electron chi connectivity index (χ1n) is 12.2. The second-order valence-electron chi connectivity index (χ2n) is 9.17. The molecule has 5 aromatic rings. The zero-order valence-corrected chi connectivity index (χ0v) is 21.8. The van der Waals surface area contributed by atoms with Gasteiger partial charge in [-0.2, -0.15) is 0 Å². The molecule has 0 radical (unpaired) electrons. The van der Waals surface area contributed by atoms with Crippen LogP contribution in [0.3, 0.4) is 0 Å². The third-order valence-corrected chi connectivity index (χ3v) is 7.09. The molecule has 3 aromatic carbocycles. The Bertz CT molecular complexity index is 1470. The van der Waals surface area contributed by atoms with E-state index in [1.165, 1.54) is 11.1 Å². The van der Waals surface area contributed by atoms with Gasteiger partial charge in [-0.25, -0.2) is 0 Å². The van der Waals surface area contributed by atoms with Crippen molar-refractivity contribution < 1.29 is 9.21 Å². The molecule has 5 rings (SSSR count). The Morgan fingerprint density at radius 2 is 1.68 bits per heavy atom. The lowest BCUT2D eigenvalue weighted by Crippen LogP contribution is -2.11. The quantitative estimate of drug-likeness (QED) is 0.220. The molecule has 0 spiro atoms. The first-order chi connectivity index (χ1) is 18.0. The van der Waals surface area contributed by atoms with Gasteiger partial charge in [-0.1, -0.05) is 67.6 Å². The van der Waals surface area contributed by atoms with E-state index in [-0.39, 0.29) is 5.91 Å². The van der Waals surface area contributed by atoms with Crippen molar-refractivity contribution in [3.05, 3.63) is 113 Å². The number of nitrogens with one attached hydrogen (secondary N) is 1. The molecular weight excluding hydrogens is 480 g/mol. The molecular formula is C30H28N4O2S. The molecule has 2 heterocycles. The number of anilines is 1. The van der Waals surface area contributed by atoms with Crippen LogP contribution >= 0.6 is 11.8 Å². The van der Waals surface area contributed by atoms with Crippen LogP contribution in [0.1, 0.15) is 46.8 Å². The van der Waals surface area contributed by atoms with Gasteiger partial charge < -0.3 is 9.73 Å². The average Bonchev–Trinajstić information content (AvgIpc) is 3.59. The fourth-order valence-corrected chi connectivity index (χ4v) is 4.82. The molecule has 6 nitrogen and oxygen atoms in total. The molecule has 37 heavy (non-hydrogen) atoms. The molecule has 0 saturated heterocycles. The Hall–Kier alpha value is -4.10. The summed E-state index contributed by atoms with van der Waals surface area (Å²) in [5.74, 6) is 2.33.